The molecule has 24 heavy (non-hydrogen) atoms. The third-order valence-corrected chi connectivity index (χ3v) is 5.43. The Bertz CT molecular complexity index is 716. The van der Waals surface area contributed by atoms with E-state index in [0.717, 1.165) is 43.4 Å². The molecular formula is C16H21N5O2S. The van der Waals surface area contributed by atoms with Gasteiger partial charge in [0.25, 0.3) is 0 Å². The van der Waals surface area contributed by atoms with Crippen molar-refractivity contribution in [2.45, 2.75) is 44.4 Å². The molecule has 1 saturated heterocycles. The van der Waals surface area contributed by atoms with E-state index in [1.54, 1.807) is 0 Å². The Morgan fingerprint density at radius 1 is 1.25 bits per heavy atom. The molecule has 8 heteroatoms. The molecule has 0 spiro atoms. The van der Waals surface area contributed by atoms with Gasteiger partial charge in [0, 0.05) is 17.2 Å². The summed E-state index contributed by atoms with van der Waals surface area (Å²) in [7, 11) is 0. The van der Waals surface area contributed by atoms with Crippen molar-refractivity contribution >= 4 is 22.4 Å². The van der Waals surface area contributed by atoms with Crippen LogP contribution in [0.4, 0.5) is 5.13 Å². The van der Waals surface area contributed by atoms with Crippen LogP contribution in [0.5, 0.6) is 0 Å². The standard InChI is InChI=1S/C16H21N5O2S/c1-10-9-24-16(17-10)18-13(22)8-21-6-4-12(5-7-21)15-20-19-14(23-15)11-2-3-11/h9,11-12H,2-8H2,1H3,(H,17,18,22). The summed E-state index contributed by atoms with van der Waals surface area (Å²) in [5.74, 6) is 2.41. The molecule has 1 N–H and O–H groups in total. The second-order valence-electron chi connectivity index (χ2n) is 6.65. The molecule has 1 aliphatic heterocycles. The Morgan fingerprint density at radius 2 is 1.92 bits per heavy atom. The summed E-state index contributed by atoms with van der Waals surface area (Å²) in [5, 5.41) is 13.9. The van der Waals surface area contributed by atoms with Gasteiger partial charge in [-0.05, 0) is 45.7 Å². The fourth-order valence-electron chi connectivity index (χ4n) is 3.02. The Morgan fingerprint density at radius 3 is 2.50 bits per heavy atom. The van der Waals surface area contributed by atoms with E-state index in [2.05, 4.69) is 25.4 Å². The van der Waals surface area contributed by atoms with Crippen molar-refractivity contribution in [1.82, 2.24) is 20.1 Å². The quantitative estimate of drug-likeness (QED) is 0.895. The van der Waals surface area contributed by atoms with Crippen molar-refractivity contribution < 1.29 is 9.21 Å². The number of thiazole rings is 1. The molecule has 0 atom stereocenters. The number of aromatic nitrogens is 3. The van der Waals surface area contributed by atoms with Crippen molar-refractivity contribution in [3.8, 4) is 0 Å². The van der Waals surface area contributed by atoms with Gasteiger partial charge in [-0.15, -0.1) is 21.5 Å². The predicted molar refractivity (Wildman–Crippen MR) is 90.2 cm³/mol. The molecule has 0 bridgehead atoms. The summed E-state index contributed by atoms with van der Waals surface area (Å²) >= 11 is 1.46. The molecule has 0 radical (unpaired) electrons. The van der Waals surface area contributed by atoms with E-state index in [1.807, 2.05) is 12.3 Å². The molecule has 2 aliphatic rings. The van der Waals surface area contributed by atoms with Crippen LogP contribution in [0.3, 0.4) is 0 Å². The van der Waals surface area contributed by atoms with Gasteiger partial charge in [0.05, 0.1) is 12.2 Å². The van der Waals surface area contributed by atoms with E-state index in [-0.39, 0.29) is 5.91 Å². The average Bonchev–Trinajstić information content (AvgIpc) is 3.16. The van der Waals surface area contributed by atoms with Crippen LogP contribution in [0, 0.1) is 6.92 Å². The van der Waals surface area contributed by atoms with E-state index in [0.29, 0.717) is 23.5 Å². The fourth-order valence-corrected chi connectivity index (χ4v) is 3.72. The molecule has 1 aliphatic carbocycles. The van der Waals surface area contributed by atoms with Crippen molar-refractivity contribution in [3.63, 3.8) is 0 Å². The lowest BCUT2D eigenvalue weighted by atomic mass is 9.97. The molecule has 3 heterocycles. The highest BCUT2D eigenvalue weighted by Gasteiger charge is 2.32. The van der Waals surface area contributed by atoms with Crippen LogP contribution >= 0.6 is 11.3 Å². The average molecular weight is 347 g/mol. The van der Waals surface area contributed by atoms with Gasteiger partial charge in [-0.1, -0.05) is 0 Å². The number of likely N-dealkylation sites (tertiary alicyclic amines) is 1. The van der Waals surface area contributed by atoms with E-state index in [4.69, 9.17) is 4.42 Å². The third kappa shape index (κ3) is 3.64. The lowest BCUT2D eigenvalue weighted by molar-refractivity contribution is -0.117. The summed E-state index contributed by atoms with van der Waals surface area (Å²) in [6.45, 7) is 4.07. The summed E-state index contributed by atoms with van der Waals surface area (Å²) in [6.07, 6.45) is 4.26. The largest absolute Gasteiger partial charge is 0.425 e. The number of piperidine rings is 1. The molecule has 1 amide bonds. The van der Waals surface area contributed by atoms with Gasteiger partial charge in [-0.25, -0.2) is 4.98 Å². The highest BCUT2D eigenvalue weighted by molar-refractivity contribution is 7.13. The third-order valence-electron chi connectivity index (χ3n) is 4.55. The Kier molecular flexibility index (Phi) is 4.32. The van der Waals surface area contributed by atoms with Crippen LogP contribution in [0.25, 0.3) is 0 Å². The fraction of sp³-hybridized carbons (Fsp3) is 0.625. The molecule has 2 fully saturated rings. The van der Waals surface area contributed by atoms with Gasteiger partial charge in [0.2, 0.25) is 17.7 Å². The molecule has 0 aromatic carbocycles. The number of carbonyl (C=O) groups excluding carboxylic acids is 1. The van der Waals surface area contributed by atoms with Crippen molar-refractivity contribution in [3.05, 3.63) is 22.9 Å². The van der Waals surface area contributed by atoms with E-state index < -0.39 is 0 Å². The normalized spacial score (nSPS) is 19.5. The Labute approximate surface area is 144 Å². The molecule has 128 valence electrons. The zero-order valence-electron chi connectivity index (χ0n) is 13.7. The smallest absolute Gasteiger partial charge is 0.240 e. The summed E-state index contributed by atoms with van der Waals surface area (Å²) < 4.78 is 5.82. The number of hydrogen-bond acceptors (Lipinski definition) is 7. The summed E-state index contributed by atoms with van der Waals surface area (Å²) in [6, 6.07) is 0. The number of anilines is 1. The minimum atomic E-state index is -0.00314. The topological polar surface area (TPSA) is 84.2 Å². The van der Waals surface area contributed by atoms with Crippen LogP contribution in [0.15, 0.2) is 9.80 Å². The zero-order chi connectivity index (χ0) is 16.5. The Hall–Kier alpha value is -1.80. The number of rotatable bonds is 5. The molecule has 7 nitrogen and oxygen atoms in total. The number of nitrogens with one attached hydrogen (secondary N) is 1. The lowest BCUT2D eigenvalue weighted by Crippen LogP contribution is -2.38. The van der Waals surface area contributed by atoms with E-state index in [9.17, 15) is 4.79 Å². The minimum Gasteiger partial charge on any atom is -0.425 e. The first kappa shape index (κ1) is 15.7. The maximum Gasteiger partial charge on any atom is 0.240 e. The highest BCUT2D eigenvalue weighted by atomic mass is 32.1. The Balaban J connectivity index is 1.25. The van der Waals surface area contributed by atoms with Gasteiger partial charge >= 0.3 is 0 Å². The molecule has 0 unspecified atom stereocenters. The van der Waals surface area contributed by atoms with Crippen LogP contribution in [-0.4, -0.2) is 45.6 Å². The van der Waals surface area contributed by atoms with Gasteiger partial charge in [0.1, 0.15) is 0 Å². The maximum atomic E-state index is 12.1. The monoisotopic (exact) mass is 347 g/mol. The zero-order valence-corrected chi connectivity index (χ0v) is 14.5. The molecular weight excluding hydrogens is 326 g/mol. The minimum absolute atomic E-state index is 0.00314. The lowest BCUT2D eigenvalue weighted by Gasteiger charge is -2.29. The van der Waals surface area contributed by atoms with Gasteiger partial charge < -0.3 is 9.73 Å². The van der Waals surface area contributed by atoms with Gasteiger partial charge in [0.15, 0.2) is 5.13 Å². The first-order chi connectivity index (χ1) is 11.7. The van der Waals surface area contributed by atoms with Gasteiger partial charge in [-0.3, -0.25) is 9.69 Å². The van der Waals surface area contributed by atoms with Crippen LogP contribution < -0.4 is 5.32 Å². The number of hydrogen-bond donors (Lipinski definition) is 1. The van der Waals surface area contributed by atoms with E-state index >= 15 is 0 Å². The number of amides is 1. The highest BCUT2D eigenvalue weighted by Crippen LogP contribution is 2.40. The second-order valence-corrected chi connectivity index (χ2v) is 7.50. The van der Waals surface area contributed by atoms with E-state index in [1.165, 1.54) is 24.2 Å². The molecule has 4 rings (SSSR count). The van der Waals surface area contributed by atoms with Crippen molar-refractivity contribution in [2.75, 3.05) is 25.0 Å². The van der Waals surface area contributed by atoms with Crippen LogP contribution in [0.1, 0.15) is 55.0 Å². The summed E-state index contributed by atoms with van der Waals surface area (Å²) in [5.41, 5.74) is 0.932. The molecule has 1 saturated carbocycles. The number of carbonyl (C=O) groups is 1. The van der Waals surface area contributed by atoms with Crippen molar-refractivity contribution in [2.24, 2.45) is 0 Å². The van der Waals surface area contributed by atoms with Crippen LogP contribution in [-0.2, 0) is 4.79 Å². The van der Waals surface area contributed by atoms with Crippen molar-refractivity contribution in [1.29, 1.82) is 0 Å². The predicted octanol–water partition coefficient (Wildman–Crippen LogP) is 2.53. The molecule has 2 aromatic rings. The molecule has 2 aromatic heterocycles. The first-order valence-corrected chi connectivity index (χ1v) is 9.33. The second kappa shape index (κ2) is 6.60. The summed E-state index contributed by atoms with van der Waals surface area (Å²) in [4.78, 5) is 18.5. The van der Waals surface area contributed by atoms with Gasteiger partial charge in [-0.2, -0.15) is 0 Å². The number of aryl methyl sites for hydroxylation is 1. The number of nitrogens with zero attached hydrogens (tertiary/aromatic N) is 4. The SMILES string of the molecule is Cc1csc(NC(=O)CN2CCC(c3nnc(C4CC4)o3)CC2)n1. The first-order valence-electron chi connectivity index (χ1n) is 8.45. The maximum absolute atomic E-state index is 12.1. The van der Waals surface area contributed by atoms with Crippen LogP contribution in [0.2, 0.25) is 0 Å².